The van der Waals surface area contributed by atoms with E-state index in [0.29, 0.717) is 11.7 Å². The quantitative estimate of drug-likeness (QED) is 0.435. The molecule has 1 aromatic heterocycles. The molecule has 5 nitrogen and oxygen atoms in total. The summed E-state index contributed by atoms with van der Waals surface area (Å²) in [6, 6.07) is 11.8. The van der Waals surface area contributed by atoms with E-state index in [0.717, 1.165) is 27.7 Å². The van der Waals surface area contributed by atoms with Crippen LogP contribution >= 0.6 is 0 Å². The van der Waals surface area contributed by atoms with Crippen LogP contribution < -0.4 is 5.43 Å². The second-order valence-corrected chi connectivity index (χ2v) is 8.94. The Morgan fingerprint density at radius 2 is 1.59 bits per heavy atom. The number of fused-ring (bicyclic) bond motifs is 1. The Labute approximate surface area is 160 Å². The summed E-state index contributed by atoms with van der Waals surface area (Å²) >= 11 is 0. The number of aromatic amines is 1. The summed E-state index contributed by atoms with van der Waals surface area (Å²) in [5, 5.41) is 15.1. The predicted molar refractivity (Wildman–Crippen MR) is 113 cm³/mol. The number of phenols is 1. The smallest absolute Gasteiger partial charge is 0.222 e. The largest absolute Gasteiger partial charge is 0.507 e. The third-order valence-electron chi connectivity index (χ3n) is 4.52. The molecule has 0 bridgehead atoms. The third-order valence-corrected chi connectivity index (χ3v) is 4.52. The summed E-state index contributed by atoms with van der Waals surface area (Å²) in [5.74, 6) is 0.968. The molecule has 0 aliphatic carbocycles. The summed E-state index contributed by atoms with van der Waals surface area (Å²) in [5.41, 5.74) is 7.25. The summed E-state index contributed by atoms with van der Waals surface area (Å²) in [4.78, 5) is 7.64. The van der Waals surface area contributed by atoms with E-state index in [9.17, 15) is 5.11 Å². The second-order valence-electron chi connectivity index (χ2n) is 8.94. The van der Waals surface area contributed by atoms with Crippen LogP contribution in [0.1, 0.15) is 58.2 Å². The van der Waals surface area contributed by atoms with E-state index in [1.165, 1.54) is 0 Å². The van der Waals surface area contributed by atoms with Crippen molar-refractivity contribution in [3.8, 4) is 5.75 Å². The van der Waals surface area contributed by atoms with Gasteiger partial charge in [0, 0.05) is 11.1 Å². The molecule has 0 fully saturated rings. The van der Waals surface area contributed by atoms with Crippen molar-refractivity contribution in [1.29, 1.82) is 0 Å². The molecule has 3 rings (SSSR count). The molecule has 2 aromatic carbocycles. The molecule has 0 saturated carbocycles. The fourth-order valence-corrected chi connectivity index (χ4v) is 3.05. The van der Waals surface area contributed by atoms with E-state index in [1.54, 1.807) is 6.21 Å². The zero-order chi connectivity index (χ0) is 19.8. The Bertz CT molecular complexity index is 919. The first-order chi connectivity index (χ1) is 12.6. The van der Waals surface area contributed by atoms with Crippen molar-refractivity contribution in [3.63, 3.8) is 0 Å². The lowest BCUT2D eigenvalue weighted by molar-refractivity contribution is 0.423. The monoisotopic (exact) mass is 364 g/mol. The number of aromatic nitrogens is 2. The Kier molecular flexibility index (Phi) is 4.72. The normalized spacial score (nSPS) is 12.8. The van der Waals surface area contributed by atoms with Gasteiger partial charge in [-0.3, -0.25) is 0 Å². The maximum Gasteiger partial charge on any atom is 0.222 e. The van der Waals surface area contributed by atoms with Gasteiger partial charge in [0.2, 0.25) is 5.95 Å². The molecule has 0 amide bonds. The number of hydrogen-bond donors (Lipinski definition) is 3. The Morgan fingerprint density at radius 1 is 1.00 bits per heavy atom. The Balaban J connectivity index is 1.92. The lowest BCUT2D eigenvalue weighted by Crippen LogP contribution is -2.18. The molecular weight excluding hydrogens is 336 g/mol. The van der Waals surface area contributed by atoms with Gasteiger partial charge in [0.1, 0.15) is 5.75 Å². The molecular formula is C22H28N4O. The van der Waals surface area contributed by atoms with Crippen LogP contribution in [0.15, 0.2) is 41.5 Å². The van der Waals surface area contributed by atoms with Crippen molar-refractivity contribution in [2.24, 2.45) is 5.10 Å². The van der Waals surface area contributed by atoms with Crippen molar-refractivity contribution in [1.82, 2.24) is 9.97 Å². The standard InChI is InChI=1S/C22H28N4O/c1-21(2,3)15-11-14(12-16(19(15)27)22(4,5)6)13-23-26-20-24-17-9-7-8-10-18(17)25-20/h7-13,27H,1-6H3,(H2,24,25,26)/b23-13+. The number of H-pyrrole nitrogens is 1. The van der Waals surface area contributed by atoms with Crippen molar-refractivity contribution in [2.75, 3.05) is 5.43 Å². The van der Waals surface area contributed by atoms with E-state index < -0.39 is 0 Å². The van der Waals surface area contributed by atoms with Crippen LogP contribution in [0, 0.1) is 0 Å². The molecule has 1 heterocycles. The highest BCUT2D eigenvalue weighted by molar-refractivity contribution is 5.82. The number of aromatic hydroxyl groups is 1. The SMILES string of the molecule is CC(C)(C)c1cc(/C=N/Nc2nc3ccccc3[nH]2)cc(C(C)(C)C)c1O. The minimum atomic E-state index is -0.167. The topological polar surface area (TPSA) is 73.3 Å². The molecule has 0 radical (unpaired) electrons. The van der Waals surface area contributed by atoms with Gasteiger partial charge in [0.25, 0.3) is 0 Å². The number of anilines is 1. The van der Waals surface area contributed by atoms with Crippen LogP contribution in [-0.2, 0) is 10.8 Å². The van der Waals surface area contributed by atoms with Crippen LogP contribution in [0.25, 0.3) is 11.0 Å². The highest BCUT2D eigenvalue weighted by atomic mass is 16.3. The molecule has 3 aromatic rings. The lowest BCUT2D eigenvalue weighted by Gasteiger charge is -2.27. The number of benzene rings is 2. The van der Waals surface area contributed by atoms with Gasteiger partial charge in [-0.15, -0.1) is 0 Å². The molecule has 0 aliphatic heterocycles. The van der Waals surface area contributed by atoms with Gasteiger partial charge >= 0.3 is 0 Å². The number of para-hydroxylation sites is 2. The number of rotatable bonds is 3. The Hall–Kier alpha value is -2.82. The summed E-state index contributed by atoms with van der Waals surface area (Å²) in [7, 11) is 0. The average Bonchev–Trinajstić information content (AvgIpc) is 2.96. The van der Waals surface area contributed by atoms with Gasteiger partial charge in [-0.1, -0.05) is 53.7 Å². The van der Waals surface area contributed by atoms with Gasteiger partial charge in [-0.05, 0) is 40.7 Å². The highest BCUT2D eigenvalue weighted by Gasteiger charge is 2.26. The Morgan fingerprint density at radius 3 is 2.15 bits per heavy atom. The van der Waals surface area contributed by atoms with Crippen molar-refractivity contribution in [2.45, 2.75) is 52.4 Å². The van der Waals surface area contributed by atoms with Gasteiger partial charge in [0.05, 0.1) is 17.2 Å². The van der Waals surface area contributed by atoms with E-state index >= 15 is 0 Å². The van der Waals surface area contributed by atoms with Crippen LogP contribution in [0.4, 0.5) is 5.95 Å². The molecule has 3 N–H and O–H groups in total. The third kappa shape index (κ3) is 4.13. The van der Waals surface area contributed by atoms with E-state index in [2.05, 4.69) is 62.0 Å². The van der Waals surface area contributed by atoms with Crippen molar-refractivity contribution < 1.29 is 5.11 Å². The van der Waals surface area contributed by atoms with E-state index in [-0.39, 0.29) is 10.8 Å². The fraction of sp³-hybridized carbons (Fsp3) is 0.364. The number of imidazole rings is 1. The summed E-state index contributed by atoms with van der Waals surface area (Å²) < 4.78 is 0. The lowest BCUT2D eigenvalue weighted by atomic mass is 9.78. The molecule has 0 atom stereocenters. The van der Waals surface area contributed by atoms with Crippen LogP contribution in [0.3, 0.4) is 0 Å². The zero-order valence-electron chi connectivity index (χ0n) is 16.9. The maximum absolute atomic E-state index is 10.8. The molecule has 0 saturated heterocycles. The minimum Gasteiger partial charge on any atom is -0.507 e. The van der Waals surface area contributed by atoms with Gasteiger partial charge in [-0.25, -0.2) is 10.4 Å². The molecule has 0 spiro atoms. The van der Waals surface area contributed by atoms with E-state index in [1.807, 2.05) is 36.4 Å². The predicted octanol–water partition coefficient (Wildman–Crippen LogP) is 5.31. The zero-order valence-corrected chi connectivity index (χ0v) is 16.9. The van der Waals surface area contributed by atoms with Gasteiger partial charge < -0.3 is 10.1 Å². The first-order valence-corrected chi connectivity index (χ1v) is 9.17. The molecule has 0 unspecified atom stereocenters. The fourth-order valence-electron chi connectivity index (χ4n) is 3.05. The highest BCUT2D eigenvalue weighted by Crippen LogP contribution is 2.39. The maximum atomic E-state index is 10.8. The first kappa shape index (κ1) is 19.0. The number of nitrogens with one attached hydrogen (secondary N) is 2. The molecule has 27 heavy (non-hydrogen) atoms. The summed E-state index contributed by atoms with van der Waals surface area (Å²) in [6.45, 7) is 12.6. The van der Waals surface area contributed by atoms with Gasteiger partial charge in [0.15, 0.2) is 0 Å². The second kappa shape index (κ2) is 6.72. The first-order valence-electron chi connectivity index (χ1n) is 9.17. The molecule has 5 heteroatoms. The van der Waals surface area contributed by atoms with Crippen LogP contribution in [0.5, 0.6) is 5.75 Å². The summed E-state index contributed by atoms with van der Waals surface area (Å²) in [6.07, 6.45) is 1.76. The number of hydrazone groups is 1. The number of nitrogens with zero attached hydrogens (tertiary/aromatic N) is 2. The van der Waals surface area contributed by atoms with Crippen molar-refractivity contribution in [3.05, 3.63) is 53.1 Å². The average molecular weight is 364 g/mol. The van der Waals surface area contributed by atoms with Gasteiger partial charge in [-0.2, -0.15) is 5.10 Å². The number of phenolic OH excluding ortho intramolecular Hbond substituents is 1. The van der Waals surface area contributed by atoms with Crippen molar-refractivity contribution >= 4 is 23.2 Å². The molecule has 142 valence electrons. The van der Waals surface area contributed by atoms with E-state index in [4.69, 9.17) is 0 Å². The van der Waals surface area contributed by atoms with Crippen LogP contribution in [-0.4, -0.2) is 21.3 Å². The molecule has 0 aliphatic rings. The number of hydrogen-bond acceptors (Lipinski definition) is 4. The minimum absolute atomic E-state index is 0.167. The van der Waals surface area contributed by atoms with Crippen LogP contribution in [0.2, 0.25) is 0 Å².